The summed E-state index contributed by atoms with van der Waals surface area (Å²) >= 11 is 0. The van der Waals surface area contributed by atoms with Crippen molar-refractivity contribution in [3.63, 3.8) is 0 Å². The Morgan fingerprint density at radius 2 is 1.62 bits per heavy atom. The zero-order chi connectivity index (χ0) is 28.2. The molecule has 9 nitrogen and oxygen atoms in total. The molecule has 3 aromatic carbocycles. The van der Waals surface area contributed by atoms with Crippen LogP contribution in [0.25, 0.3) is 5.69 Å². The van der Waals surface area contributed by atoms with Gasteiger partial charge >= 0.3 is 0 Å². The normalized spacial score (nSPS) is 12.0. The van der Waals surface area contributed by atoms with Crippen molar-refractivity contribution in [2.45, 2.75) is 45.6 Å². The molecule has 1 aromatic heterocycles. The molecule has 0 aliphatic carbocycles. The minimum absolute atomic E-state index is 0.121. The number of benzene rings is 3. The maximum atomic E-state index is 13.7. The second kappa shape index (κ2) is 11.3. The number of aromatic nitrogens is 2. The first-order valence-corrected chi connectivity index (χ1v) is 12.6. The van der Waals surface area contributed by atoms with Gasteiger partial charge in [0.25, 0.3) is 11.6 Å². The van der Waals surface area contributed by atoms with E-state index in [2.05, 4.69) is 10.6 Å². The van der Waals surface area contributed by atoms with E-state index in [1.54, 1.807) is 4.68 Å². The fourth-order valence-electron chi connectivity index (χ4n) is 4.07. The molecule has 9 heteroatoms. The minimum Gasteiger partial charge on any atom is -0.340 e. The number of nitro groups is 1. The monoisotopic (exact) mass is 525 g/mol. The molecule has 0 bridgehead atoms. The predicted octanol–water partition coefficient (Wildman–Crippen LogP) is 5.37. The van der Waals surface area contributed by atoms with Crippen molar-refractivity contribution in [1.82, 2.24) is 15.1 Å². The summed E-state index contributed by atoms with van der Waals surface area (Å²) in [6, 6.07) is 23.3. The lowest BCUT2D eigenvalue weighted by Crippen LogP contribution is -2.45. The Labute approximate surface area is 227 Å². The summed E-state index contributed by atoms with van der Waals surface area (Å²) in [5.41, 5.74) is 3.32. The van der Waals surface area contributed by atoms with Crippen LogP contribution in [0.5, 0.6) is 0 Å². The number of anilines is 1. The highest BCUT2D eigenvalue weighted by molar-refractivity contribution is 6.01. The fraction of sp³-hybridized carbons (Fsp3) is 0.233. The molecule has 0 saturated carbocycles. The molecule has 0 saturated heterocycles. The van der Waals surface area contributed by atoms with E-state index >= 15 is 0 Å². The van der Waals surface area contributed by atoms with Crippen LogP contribution in [0.1, 0.15) is 48.0 Å². The second-order valence-corrected chi connectivity index (χ2v) is 10.4. The van der Waals surface area contributed by atoms with Gasteiger partial charge in [0.1, 0.15) is 11.9 Å². The molecule has 0 radical (unpaired) electrons. The molecule has 1 unspecified atom stereocenters. The summed E-state index contributed by atoms with van der Waals surface area (Å²) in [7, 11) is 0. The van der Waals surface area contributed by atoms with Crippen molar-refractivity contribution < 1.29 is 14.5 Å². The number of hydrogen-bond acceptors (Lipinski definition) is 5. The summed E-state index contributed by atoms with van der Waals surface area (Å²) in [4.78, 5) is 37.2. The third-order valence-electron chi connectivity index (χ3n) is 6.32. The summed E-state index contributed by atoms with van der Waals surface area (Å²) in [5.74, 6) is -0.435. The zero-order valence-electron chi connectivity index (χ0n) is 22.3. The third-order valence-corrected chi connectivity index (χ3v) is 6.32. The number of aryl methyl sites for hydroxylation is 1. The van der Waals surface area contributed by atoms with Crippen LogP contribution in [0.3, 0.4) is 0 Å². The molecule has 0 aliphatic rings. The molecule has 2 amide bonds. The summed E-state index contributed by atoms with van der Waals surface area (Å²) in [6.07, 6.45) is 0.246. The quantitative estimate of drug-likeness (QED) is 0.237. The number of para-hydroxylation sites is 1. The van der Waals surface area contributed by atoms with Crippen LogP contribution < -0.4 is 10.6 Å². The lowest BCUT2D eigenvalue weighted by atomic mass is 9.92. The first-order valence-electron chi connectivity index (χ1n) is 12.6. The highest BCUT2D eigenvalue weighted by Gasteiger charge is 2.26. The van der Waals surface area contributed by atoms with Crippen molar-refractivity contribution in [1.29, 1.82) is 0 Å². The van der Waals surface area contributed by atoms with Gasteiger partial charge in [0.15, 0.2) is 0 Å². The van der Waals surface area contributed by atoms with Gasteiger partial charge in [-0.05, 0) is 36.2 Å². The number of carbonyl (C=O) groups is 2. The van der Waals surface area contributed by atoms with Crippen LogP contribution in [0.2, 0.25) is 0 Å². The number of rotatable bonds is 8. The van der Waals surface area contributed by atoms with Crippen molar-refractivity contribution in [3.05, 3.63) is 117 Å². The molecule has 200 valence electrons. The average molecular weight is 526 g/mol. The van der Waals surface area contributed by atoms with E-state index in [0.29, 0.717) is 5.82 Å². The van der Waals surface area contributed by atoms with Crippen LogP contribution >= 0.6 is 0 Å². The number of nitro benzene ring substituents is 1. The van der Waals surface area contributed by atoms with Crippen LogP contribution in [0, 0.1) is 17.0 Å². The van der Waals surface area contributed by atoms with E-state index < -0.39 is 22.8 Å². The Morgan fingerprint density at radius 3 is 2.23 bits per heavy atom. The van der Waals surface area contributed by atoms with E-state index in [1.165, 1.54) is 24.3 Å². The number of nitrogens with zero attached hydrogens (tertiary/aromatic N) is 3. The largest absolute Gasteiger partial charge is 0.340 e. The van der Waals surface area contributed by atoms with Gasteiger partial charge in [-0.1, -0.05) is 69.3 Å². The third kappa shape index (κ3) is 6.56. The lowest BCUT2D eigenvalue weighted by molar-refractivity contribution is -0.384. The summed E-state index contributed by atoms with van der Waals surface area (Å²) in [6.45, 7) is 8.12. The Bertz CT molecular complexity index is 1490. The maximum absolute atomic E-state index is 13.7. The molecule has 0 aliphatic heterocycles. The number of hydrogen-bond donors (Lipinski definition) is 2. The first kappa shape index (κ1) is 27.3. The van der Waals surface area contributed by atoms with E-state index in [-0.39, 0.29) is 23.1 Å². The molecule has 1 atom stereocenters. The predicted molar refractivity (Wildman–Crippen MR) is 150 cm³/mol. The Hall–Kier alpha value is -4.79. The minimum atomic E-state index is -0.923. The molecular formula is C30H31N5O4. The van der Waals surface area contributed by atoms with Crippen LogP contribution in [0.4, 0.5) is 11.5 Å². The number of nitrogens with one attached hydrogen (secondary N) is 2. The molecule has 39 heavy (non-hydrogen) atoms. The molecule has 1 heterocycles. The van der Waals surface area contributed by atoms with E-state index in [1.807, 2.05) is 88.4 Å². The van der Waals surface area contributed by atoms with Gasteiger partial charge in [-0.15, -0.1) is 0 Å². The van der Waals surface area contributed by atoms with Gasteiger partial charge in [0.05, 0.1) is 16.3 Å². The fourth-order valence-corrected chi connectivity index (χ4v) is 4.07. The van der Waals surface area contributed by atoms with Crippen molar-refractivity contribution in [2.75, 3.05) is 5.32 Å². The topological polar surface area (TPSA) is 119 Å². The second-order valence-electron chi connectivity index (χ2n) is 10.4. The van der Waals surface area contributed by atoms with Gasteiger partial charge in [0.2, 0.25) is 5.91 Å². The highest BCUT2D eigenvalue weighted by atomic mass is 16.6. The van der Waals surface area contributed by atoms with Crippen molar-refractivity contribution in [2.24, 2.45) is 0 Å². The SMILES string of the molecule is Cc1ccccc1-n1nc(C(C)(C)C)cc1NC(=O)C(Cc1ccccc1)NC(=O)c1ccc([N+](=O)[O-])cc1. The maximum Gasteiger partial charge on any atom is 0.269 e. The lowest BCUT2D eigenvalue weighted by Gasteiger charge is -2.19. The van der Waals surface area contributed by atoms with Gasteiger partial charge < -0.3 is 10.6 Å². The first-order chi connectivity index (χ1) is 18.5. The molecule has 4 rings (SSSR count). The van der Waals surface area contributed by atoms with E-state index in [0.717, 1.165) is 22.5 Å². The van der Waals surface area contributed by atoms with Crippen molar-refractivity contribution in [3.8, 4) is 5.69 Å². The average Bonchev–Trinajstić information content (AvgIpc) is 3.33. The van der Waals surface area contributed by atoms with Gasteiger partial charge in [-0.25, -0.2) is 4.68 Å². The van der Waals surface area contributed by atoms with Crippen LogP contribution in [0.15, 0.2) is 84.9 Å². The summed E-state index contributed by atoms with van der Waals surface area (Å²) < 4.78 is 1.71. The molecule has 0 spiro atoms. The Kier molecular flexibility index (Phi) is 7.90. The Balaban J connectivity index is 1.65. The van der Waals surface area contributed by atoms with Crippen molar-refractivity contribution >= 4 is 23.3 Å². The number of non-ortho nitro benzene ring substituents is 1. The van der Waals surface area contributed by atoms with Gasteiger partial charge in [0, 0.05) is 35.6 Å². The van der Waals surface area contributed by atoms with Gasteiger partial charge in [-0.3, -0.25) is 19.7 Å². The molecular weight excluding hydrogens is 494 g/mol. The molecule has 2 N–H and O–H groups in total. The van der Waals surface area contributed by atoms with Gasteiger partial charge in [-0.2, -0.15) is 5.10 Å². The van der Waals surface area contributed by atoms with Crippen LogP contribution in [-0.4, -0.2) is 32.6 Å². The zero-order valence-corrected chi connectivity index (χ0v) is 22.3. The smallest absolute Gasteiger partial charge is 0.269 e. The molecule has 0 fully saturated rings. The standard InChI is InChI=1S/C30H31N5O4/c1-20-10-8-9-13-25(20)34-27(19-26(33-34)30(2,3)4)32-29(37)24(18-21-11-6-5-7-12-21)31-28(36)22-14-16-23(17-15-22)35(38)39/h5-17,19,24H,18H2,1-4H3,(H,31,36)(H,32,37). The highest BCUT2D eigenvalue weighted by Crippen LogP contribution is 2.27. The van der Waals surface area contributed by atoms with Crippen LogP contribution in [-0.2, 0) is 16.6 Å². The van der Waals surface area contributed by atoms with E-state index in [9.17, 15) is 19.7 Å². The molecule has 4 aromatic rings. The number of carbonyl (C=O) groups excluding carboxylic acids is 2. The van der Waals surface area contributed by atoms with E-state index in [4.69, 9.17) is 5.10 Å². The summed E-state index contributed by atoms with van der Waals surface area (Å²) in [5, 5.41) is 21.6. The Morgan fingerprint density at radius 1 is 0.974 bits per heavy atom. The number of amides is 2.